The van der Waals surface area contributed by atoms with Crippen LogP contribution in [0.5, 0.6) is 5.75 Å². The third kappa shape index (κ3) is 7.16. The van der Waals surface area contributed by atoms with Crippen LogP contribution in [0.1, 0.15) is 51.0 Å². The van der Waals surface area contributed by atoms with Gasteiger partial charge in [-0.05, 0) is 73.8 Å². The summed E-state index contributed by atoms with van der Waals surface area (Å²) in [6, 6.07) is 16.0. The molecule has 1 heterocycles. The molecule has 1 fully saturated rings. The van der Waals surface area contributed by atoms with E-state index in [9.17, 15) is 14.4 Å². The SMILES string of the molecule is CN[C@@H](C)C(=O)N[C@H]1CN(C(=O)CC2CCCCC2)c2ccccc2N(Cc2c(OC)ccc3cc(Br)ccc23)C1=O.Cl. The number of halogens is 2. The first-order valence-corrected chi connectivity index (χ1v) is 15.5. The number of nitrogens with one attached hydrogen (secondary N) is 2. The van der Waals surface area contributed by atoms with Crippen LogP contribution in [0.15, 0.2) is 59.1 Å². The molecule has 0 radical (unpaired) electrons. The number of benzene rings is 3. The molecule has 0 spiro atoms. The second kappa shape index (κ2) is 14.6. The Kier molecular flexibility index (Phi) is 11.1. The van der Waals surface area contributed by atoms with Gasteiger partial charge in [-0.1, -0.05) is 59.5 Å². The van der Waals surface area contributed by atoms with Crippen molar-refractivity contribution in [3.63, 3.8) is 0 Å². The maximum Gasteiger partial charge on any atom is 0.251 e. The van der Waals surface area contributed by atoms with Gasteiger partial charge in [-0.15, -0.1) is 12.4 Å². The van der Waals surface area contributed by atoms with Gasteiger partial charge in [0.15, 0.2) is 0 Å². The normalized spacial score (nSPS) is 18.0. The van der Waals surface area contributed by atoms with Crippen molar-refractivity contribution in [3.8, 4) is 5.75 Å². The van der Waals surface area contributed by atoms with Gasteiger partial charge in [0.1, 0.15) is 11.8 Å². The third-order valence-electron chi connectivity index (χ3n) is 8.61. The highest BCUT2D eigenvalue weighted by Crippen LogP contribution is 2.38. The Bertz CT molecular complexity index is 1480. The number of ether oxygens (including phenoxy) is 1. The number of hydrogen-bond acceptors (Lipinski definition) is 5. The lowest BCUT2D eigenvalue weighted by atomic mass is 9.86. The molecular formula is C33H40BrClN4O4. The van der Waals surface area contributed by atoms with Crippen molar-refractivity contribution < 1.29 is 19.1 Å². The molecule has 0 bridgehead atoms. The first kappa shape index (κ1) is 32.8. The number of nitrogens with zero attached hydrogens (tertiary/aromatic N) is 2. The molecule has 8 nitrogen and oxygen atoms in total. The molecule has 1 aliphatic heterocycles. The predicted octanol–water partition coefficient (Wildman–Crippen LogP) is 5.98. The third-order valence-corrected chi connectivity index (χ3v) is 9.10. The number of methoxy groups -OCH3 is 1. The summed E-state index contributed by atoms with van der Waals surface area (Å²) in [5.74, 6) is 0.411. The van der Waals surface area contributed by atoms with Gasteiger partial charge in [-0.3, -0.25) is 14.4 Å². The molecule has 3 aromatic carbocycles. The summed E-state index contributed by atoms with van der Waals surface area (Å²) in [5.41, 5.74) is 2.16. The maximum atomic E-state index is 14.4. The number of carbonyl (C=O) groups excluding carboxylic acids is 3. The van der Waals surface area contributed by atoms with Crippen LogP contribution in [0, 0.1) is 5.92 Å². The zero-order valence-electron chi connectivity index (χ0n) is 24.9. The Labute approximate surface area is 268 Å². The highest BCUT2D eigenvalue weighted by Gasteiger charge is 2.38. The monoisotopic (exact) mass is 670 g/mol. The molecule has 3 aromatic rings. The lowest BCUT2D eigenvalue weighted by Crippen LogP contribution is -2.55. The van der Waals surface area contributed by atoms with Gasteiger partial charge < -0.3 is 25.2 Å². The molecule has 1 saturated carbocycles. The van der Waals surface area contributed by atoms with Crippen molar-refractivity contribution in [1.82, 2.24) is 10.6 Å². The van der Waals surface area contributed by atoms with Crippen LogP contribution >= 0.6 is 28.3 Å². The molecule has 2 aliphatic rings. The largest absolute Gasteiger partial charge is 0.496 e. The van der Waals surface area contributed by atoms with Gasteiger partial charge in [-0.25, -0.2) is 0 Å². The van der Waals surface area contributed by atoms with E-state index in [-0.39, 0.29) is 43.2 Å². The maximum absolute atomic E-state index is 14.4. The summed E-state index contributed by atoms with van der Waals surface area (Å²) in [4.78, 5) is 44.8. The predicted molar refractivity (Wildman–Crippen MR) is 177 cm³/mol. The fraction of sp³-hybridized carbons (Fsp3) is 0.424. The fourth-order valence-corrected chi connectivity index (χ4v) is 6.51. The molecule has 43 heavy (non-hydrogen) atoms. The van der Waals surface area contributed by atoms with Crippen LogP contribution in [0.4, 0.5) is 11.4 Å². The van der Waals surface area contributed by atoms with Gasteiger partial charge in [0, 0.05) is 16.5 Å². The standard InChI is InChI=1S/C33H39BrN4O4.ClH/c1-21(35-2)32(40)36-27-20-37(31(39)17-22-9-5-4-6-10-22)28-11-7-8-12-29(28)38(33(27)41)19-26-25-15-14-24(34)18-23(25)13-16-30(26)42-3;/h7-8,11-16,18,21-22,27,35H,4-6,9-10,17,19-20H2,1-3H3,(H,36,40);1H/t21-,27-;/m0./s1. The highest BCUT2D eigenvalue weighted by atomic mass is 79.9. The summed E-state index contributed by atoms with van der Waals surface area (Å²) in [6.45, 7) is 2.02. The van der Waals surface area contributed by atoms with E-state index in [0.717, 1.165) is 46.5 Å². The Hall–Kier alpha value is -3.14. The lowest BCUT2D eigenvalue weighted by Gasteiger charge is -2.28. The van der Waals surface area contributed by atoms with Gasteiger partial charge in [0.25, 0.3) is 5.91 Å². The molecule has 2 N–H and O–H groups in total. The minimum atomic E-state index is -0.925. The van der Waals surface area contributed by atoms with E-state index in [1.807, 2.05) is 54.6 Å². The zero-order valence-corrected chi connectivity index (χ0v) is 27.3. The van der Waals surface area contributed by atoms with Crippen LogP contribution in [-0.2, 0) is 20.9 Å². The molecule has 1 aliphatic carbocycles. The molecule has 0 unspecified atom stereocenters. The molecule has 230 valence electrons. The lowest BCUT2D eigenvalue weighted by molar-refractivity contribution is -0.128. The van der Waals surface area contributed by atoms with E-state index >= 15 is 0 Å². The summed E-state index contributed by atoms with van der Waals surface area (Å²) >= 11 is 3.56. The van der Waals surface area contributed by atoms with Crippen molar-refractivity contribution in [1.29, 1.82) is 0 Å². The number of rotatable bonds is 8. The number of hydrogen-bond donors (Lipinski definition) is 2. The first-order valence-electron chi connectivity index (χ1n) is 14.7. The summed E-state index contributed by atoms with van der Waals surface area (Å²) in [7, 11) is 3.32. The minimum Gasteiger partial charge on any atom is -0.496 e. The van der Waals surface area contributed by atoms with Crippen molar-refractivity contribution in [2.45, 2.75) is 64.1 Å². The van der Waals surface area contributed by atoms with Crippen LogP contribution in [0.3, 0.4) is 0 Å². The van der Waals surface area contributed by atoms with E-state index in [0.29, 0.717) is 29.5 Å². The summed E-state index contributed by atoms with van der Waals surface area (Å²) in [6.07, 6.45) is 6.02. The van der Waals surface area contributed by atoms with Crippen LogP contribution in [-0.4, -0.2) is 50.5 Å². The van der Waals surface area contributed by atoms with Gasteiger partial charge in [0.05, 0.1) is 37.6 Å². The Morgan fingerprint density at radius 2 is 1.77 bits per heavy atom. The van der Waals surface area contributed by atoms with Crippen LogP contribution < -0.4 is 25.2 Å². The average molecular weight is 672 g/mol. The number of carbonyl (C=O) groups is 3. The second-order valence-corrected chi connectivity index (χ2v) is 12.2. The molecule has 0 saturated heterocycles. The van der Waals surface area contributed by atoms with Gasteiger partial charge >= 0.3 is 0 Å². The summed E-state index contributed by atoms with van der Waals surface area (Å²) < 4.78 is 6.72. The highest BCUT2D eigenvalue weighted by molar-refractivity contribution is 9.10. The van der Waals surface area contributed by atoms with Crippen molar-refractivity contribution in [2.75, 3.05) is 30.5 Å². The molecule has 5 rings (SSSR count). The van der Waals surface area contributed by atoms with Gasteiger partial charge in [-0.2, -0.15) is 0 Å². The first-order chi connectivity index (χ1) is 20.3. The van der Waals surface area contributed by atoms with Gasteiger partial charge in [0.2, 0.25) is 11.8 Å². The number of anilines is 2. The average Bonchev–Trinajstić information content (AvgIpc) is 3.11. The second-order valence-electron chi connectivity index (χ2n) is 11.3. The Morgan fingerprint density at radius 3 is 2.47 bits per heavy atom. The van der Waals surface area contributed by atoms with Crippen molar-refractivity contribution in [2.24, 2.45) is 5.92 Å². The minimum absolute atomic E-state index is 0. The quantitative estimate of drug-likeness (QED) is 0.308. The zero-order chi connectivity index (χ0) is 29.8. The van der Waals surface area contributed by atoms with Crippen LogP contribution in [0.25, 0.3) is 10.8 Å². The summed E-state index contributed by atoms with van der Waals surface area (Å²) in [5, 5.41) is 7.86. The molecule has 0 aromatic heterocycles. The Morgan fingerprint density at radius 1 is 1.05 bits per heavy atom. The smallest absolute Gasteiger partial charge is 0.251 e. The topological polar surface area (TPSA) is 91.0 Å². The van der Waals surface area contributed by atoms with E-state index in [4.69, 9.17) is 4.74 Å². The Balaban J connectivity index is 0.00000423. The molecule has 3 amide bonds. The van der Waals surface area contributed by atoms with Crippen molar-refractivity contribution >= 4 is 68.2 Å². The van der Waals surface area contributed by atoms with E-state index in [1.165, 1.54) is 6.42 Å². The molecule has 10 heteroatoms. The van der Waals surface area contributed by atoms with E-state index in [2.05, 4.69) is 26.6 Å². The number of para-hydroxylation sites is 2. The number of amides is 3. The molecular weight excluding hydrogens is 632 g/mol. The van der Waals surface area contributed by atoms with Crippen LogP contribution in [0.2, 0.25) is 0 Å². The molecule has 2 atom stereocenters. The van der Waals surface area contributed by atoms with E-state index in [1.54, 1.807) is 30.9 Å². The number of likely N-dealkylation sites (N-methyl/N-ethyl adjacent to an activating group) is 1. The van der Waals surface area contributed by atoms with E-state index < -0.39 is 12.1 Å². The number of fused-ring (bicyclic) bond motifs is 2. The van der Waals surface area contributed by atoms with Crippen molar-refractivity contribution in [3.05, 3.63) is 64.6 Å². The fourth-order valence-electron chi connectivity index (χ4n) is 6.13.